The van der Waals surface area contributed by atoms with E-state index in [0.717, 1.165) is 6.42 Å². The molecule has 0 bridgehead atoms. The molecule has 2 N–H and O–H groups in total. The van der Waals surface area contributed by atoms with E-state index < -0.39 is 21.9 Å². The third kappa shape index (κ3) is 6.65. The fourth-order valence-corrected chi connectivity index (χ4v) is 5.27. The van der Waals surface area contributed by atoms with Crippen molar-refractivity contribution in [2.45, 2.75) is 46.6 Å². The highest BCUT2D eigenvalue weighted by molar-refractivity contribution is 7.91. The molecule has 1 aromatic carbocycles. The van der Waals surface area contributed by atoms with Crippen LogP contribution in [0.2, 0.25) is 0 Å². The molecule has 1 unspecified atom stereocenters. The van der Waals surface area contributed by atoms with Crippen molar-refractivity contribution in [2.75, 3.05) is 22.8 Å². The summed E-state index contributed by atoms with van der Waals surface area (Å²) in [6.07, 6.45) is 3.71. The SMILES string of the molecule is CC(C)COc1cc(F)cc(-c2ccc(C(=O)NS(=O)(=O)Nc3cccnc3)c(N3CCC(C)C3(C)C)n2)c1. The van der Waals surface area contributed by atoms with Crippen molar-refractivity contribution in [3.05, 3.63) is 66.2 Å². The average molecular weight is 556 g/mol. The molecule has 4 rings (SSSR count). The van der Waals surface area contributed by atoms with Crippen LogP contribution < -0.4 is 19.1 Å². The lowest BCUT2D eigenvalue weighted by Gasteiger charge is -2.36. The minimum absolute atomic E-state index is 0.0881. The molecule has 0 aliphatic carbocycles. The second-order valence-corrected chi connectivity index (χ2v) is 12.1. The first kappa shape index (κ1) is 28.3. The predicted molar refractivity (Wildman–Crippen MR) is 149 cm³/mol. The van der Waals surface area contributed by atoms with Gasteiger partial charge in [0.1, 0.15) is 17.4 Å². The summed E-state index contributed by atoms with van der Waals surface area (Å²) in [6.45, 7) is 11.3. The van der Waals surface area contributed by atoms with Crippen LogP contribution in [0, 0.1) is 17.7 Å². The van der Waals surface area contributed by atoms with Crippen molar-refractivity contribution in [1.82, 2.24) is 14.7 Å². The Balaban J connectivity index is 1.72. The molecule has 39 heavy (non-hydrogen) atoms. The van der Waals surface area contributed by atoms with Gasteiger partial charge in [-0.3, -0.25) is 14.5 Å². The first-order valence-electron chi connectivity index (χ1n) is 12.8. The maximum Gasteiger partial charge on any atom is 0.324 e. The van der Waals surface area contributed by atoms with Crippen LogP contribution in [0.4, 0.5) is 15.9 Å². The molecule has 1 saturated heterocycles. The van der Waals surface area contributed by atoms with E-state index in [1.54, 1.807) is 18.2 Å². The molecule has 11 heteroatoms. The molecule has 1 amide bonds. The summed E-state index contributed by atoms with van der Waals surface area (Å²) in [5, 5.41) is 0. The molecule has 1 aliphatic heterocycles. The Morgan fingerprint density at radius 3 is 2.64 bits per heavy atom. The number of rotatable bonds is 9. The molecule has 0 saturated carbocycles. The number of hydrogen-bond donors (Lipinski definition) is 2. The Hall–Kier alpha value is -3.73. The standard InChI is InChI=1S/C28H34FN5O4S/c1-18(2)17-38-23-14-20(13-21(29)15-23)25-9-8-24(26(31-25)34-12-10-19(3)28(34,4)5)27(35)33-39(36,37)32-22-7-6-11-30-16-22/h6-9,11,13-16,18-19,32H,10,12,17H2,1-5H3,(H,33,35). The van der Waals surface area contributed by atoms with Crippen molar-refractivity contribution >= 4 is 27.6 Å². The van der Waals surface area contributed by atoms with Gasteiger partial charge < -0.3 is 9.64 Å². The van der Waals surface area contributed by atoms with E-state index in [4.69, 9.17) is 9.72 Å². The van der Waals surface area contributed by atoms with Gasteiger partial charge in [0.25, 0.3) is 5.91 Å². The van der Waals surface area contributed by atoms with Crippen molar-refractivity contribution < 1.29 is 22.3 Å². The molecule has 1 fully saturated rings. The van der Waals surface area contributed by atoms with E-state index in [0.29, 0.717) is 41.9 Å². The van der Waals surface area contributed by atoms with Gasteiger partial charge in [-0.2, -0.15) is 8.42 Å². The Morgan fingerprint density at radius 1 is 1.23 bits per heavy atom. The van der Waals surface area contributed by atoms with Crippen LogP contribution in [-0.2, 0) is 10.2 Å². The number of carbonyl (C=O) groups is 1. The molecule has 2 aromatic heterocycles. The lowest BCUT2D eigenvalue weighted by Crippen LogP contribution is -2.44. The second-order valence-electron chi connectivity index (χ2n) is 10.7. The van der Waals surface area contributed by atoms with Crippen molar-refractivity contribution in [3.8, 4) is 17.0 Å². The number of hydrogen-bond acceptors (Lipinski definition) is 7. The van der Waals surface area contributed by atoms with Crippen molar-refractivity contribution in [3.63, 3.8) is 0 Å². The Kier molecular flexibility index (Phi) is 8.10. The molecule has 208 valence electrons. The van der Waals surface area contributed by atoms with E-state index in [2.05, 4.69) is 35.2 Å². The number of pyridine rings is 2. The molecule has 0 spiro atoms. The second kappa shape index (κ2) is 11.2. The quantitative estimate of drug-likeness (QED) is 0.381. The van der Waals surface area contributed by atoms with E-state index in [-0.39, 0.29) is 22.7 Å². The molecule has 1 atom stereocenters. The zero-order valence-electron chi connectivity index (χ0n) is 22.7. The maximum atomic E-state index is 14.5. The third-order valence-electron chi connectivity index (χ3n) is 6.95. The minimum atomic E-state index is -4.25. The number of halogens is 1. The summed E-state index contributed by atoms with van der Waals surface area (Å²) in [5.41, 5.74) is 0.855. The maximum absolute atomic E-state index is 14.5. The van der Waals surface area contributed by atoms with Gasteiger partial charge in [0.05, 0.1) is 29.7 Å². The van der Waals surface area contributed by atoms with Crippen LogP contribution in [-0.4, -0.2) is 43.0 Å². The van der Waals surface area contributed by atoms with E-state index >= 15 is 0 Å². The van der Waals surface area contributed by atoms with Gasteiger partial charge in [-0.15, -0.1) is 0 Å². The summed E-state index contributed by atoms with van der Waals surface area (Å²) < 4.78 is 50.0. The monoisotopic (exact) mass is 555 g/mol. The van der Waals surface area contributed by atoms with Gasteiger partial charge in [-0.1, -0.05) is 20.8 Å². The zero-order chi connectivity index (χ0) is 28.4. The number of anilines is 2. The molecule has 9 nitrogen and oxygen atoms in total. The Morgan fingerprint density at radius 2 is 2.00 bits per heavy atom. The number of aromatic nitrogens is 2. The van der Waals surface area contributed by atoms with Crippen LogP contribution in [0.15, 0.2) is 54.9 Å². The summed E-state index contributed by atoms with van der Waals surface area (Å²) in [7, 11) is -4.25. The topological polar surface area (TPSA) is 114 Å². The van der Waals surface area contributed by atoms with Crippen molar-refractivity contribution in [2.24, 2.45) is 11.8 Å². The molecule has 0 radical (unpaired) electrons. The van der Waals surface area contributed by atoms with Gasteiger partial charge in [-0.25, -0.2) is 14.1 Å². The number of nitrogens with zero attached hydrogens (tertiary/aromatic N) is 3. The lowest BCUT2D eigenvalue weighted by atomic mass is 9.90. The highest BCUT2D eigenvalue weighted by Gasteiger charge is 2.41. The van der Waals surface area contributed by atoms with Gasteiger partial charge in [-0.05, 0) is 68.5 Å². The van der Waals surface area contributed by atoms with Crippen molar-refractivity contribution in [1.29, 1.82) is 0 Å². The average Bonchev–Trinajstić information content (AvgIpc) is 3.13. The third-order valence-corrected chi connectivity index (χ3v) is 7.91. The largest absolute Gasteiger partial charge is 0.493 e. The smallest absolute Gasteiger partial charge is 0.324 e. The molecule has 1 aliphatic rings. The summed E-state index contributed by atoms with van der Waals surface area (Å²) in [6, 6.07) is 10.6. The van der Waals surface area contributed by atoms with Gasteiger partial charge >= 0.3 is 10.2 Å². The number of carbonyl (C=O) groups excluding carboxylic acids is 1. The molecule has 3 heterocycles. The van der Waals surface area contributed by atoms with Gasteiger partial charge in [0, 0.05) is 29.9 Å². The first-order valence-corrected chi connectivity index (χ1v) is 14.3. The van der Waals surface area contributed by atoms with Gasteiger partial charge in [0.2, 0.25) is 0 Å². The normalized spacial score (nSPS) is 16.8. The molecule has 3 aromatic rings. The highest BCUT2D eigenvalue weighted by atomic mass is 32.2. The van der Waals surface area contributed by atoms with Crippen LogP contribution >= 0.6 is 0 Å². The van der Waals surface area contributed by atoms with Gasteiger partial charge in [0.15, 0.2) is 0 Å². The fraction of sp³-hybridized carbons (Fsp3) is 0.393. The summed E-state index contributed by atoms with van der Waals surface area (Å²) in [4.78, 5) is 24.0. The van der Waals surface area contributed by atoms with Crippen LogP contribution in [0.5, 0.6) is 5.75 Å². The Labute approximate surface area is 229 Å². The lowest BCUT2D eigenvalue weighted by molar-refractivity contribution is 0.0981. The number of benzene rings is 1. The van der Waals surface area contributed by atoms with E-state index in [9.17, 15) is 17.6 Å². The number of nitrogens with one attached hydrogen (secondary N) is 2. The van der Waals surface area contributed by atoms with E-state index in [1.165, 1.54) is 36.7 Å². The number of amides is 1. The van der Waals surface area contributed by atoms with Crippen LogP contribution in [0.1, 0.15) is 51.4 Å². The first-order chi connectivity index (χ1) is 18.4. The highest BCUT2D eigenvalue weighted by Crippen LogP contribution is 2.39. The van der Waals surface area contributed by atoms with Crippen LogP contribution in [0.3, 0.4) is 0 Å². The minimum Gasteiger partial charge on any atom is -0.493 e. The van der Waals surface area contributed by atoms with E-state index in [1.807, 2.05) is 18.7 Å². The summed E-state index contributed by atoms with van der Waals surface area (Å²) in [5.74, 6) is -0.0471. The molecular formula is C28H34FN5O4S. The summed E-state index contributed by atoms with van der Waals surface area (Å²) >= 11 is 0. The number of ether oxygens (including phenoxy) is 1. The molecular weight excluding hydrogens is 521 g/mol. The van der Waals surface area contributed by atoms with Crippen LogP contribution in [0.25, 0.3) is 11.3 Å². The predicted octanol–water partition coefficient (Wildman–Crippen LogP) is 5.03. The Bertz CT molecular complexity index is 1450. The zero-order valence-corrected chi connectivity index (χ0v) is 23.5. The fourth-order valence-electron chi connectivity index (χ4n) is 4.44.